The number of carbonyl (C=O) groups excluding carboxylic acids is 1. The number of hydrogen-bond donors (Lipinski definition) is 0. The molecule has 0 bridgehead atoms. The lowest BCUT2D eigenvalue weighted by Gasteiger charge is -2.39. The van der Waals surface area contributed by atoms with Crippen molar-refractivity contribution in [2.75, 3.05) is 27.3 Å². The minimum absolute atomic E-state index is 0.0367. The van der Waals surface area contributed by atoms with Crippen LogP contribution in [-0.4, -0.2) is 43.9 Å². The molecule has 1 fully saturated rings. The van der Waals surface area contributed by atoms with Gasteiger partial charge in [-0.1, -0.05) is 30.3 Å². The average molecular weight is 275 g/mol. The van der Waals surface area contributed by atoms with Gasteiger partial charge in [0.05, 0.1) is 0 Å². The Bertz CT molecular complexity index is 456. The van der Waals surface area contributed by atoms with Crippen molar-refractivity contribution in [1.29, 1.82) is 0 Å². The van der Waals surface area contributed by atoms with Gasteiger partial charge in [0, 0.05) is 46.2 Å². The van der Waals surface area contributed by atoms with Crippen LogP contribution < -0.4 is 0 Å². The van der Waals surface area contributed by atoms with Crippen molar-refractivity contribution >= 4 is 12.0 Å². The molecular weight excluding hydrogens is 254 g/mol. The fraction of sp³-hybridized carbons (Fsp3) is 0.438. The Kier molecular flexibility index (Phi) is 4.93. The highest BCUT2D eigenvalue weighted by molar-refractivity contribution is 5.91. The van der Waals surface area contributed by atoms with Gasteiger partial charge in [0.2, 0.25) is 5.91 Å². The van der Waals surface area contributed by atoms with E-state index in [0.717, 1.165) is 5.56 Å². The number of hydrogen-bond acceptors (Lipinski definition) is 3. The van der Waals surface area contributed by atoms with E-state index in [2.05, 4.69) is 0 Å². The Hall–Kier alpha value is -1.65. The van der Waals surface area contributed by atoms with E-state index in [1.54, 1.807) is 20.3 Å². The summed E-state index contributed by atoms with van der Waals surface area (Å²) in [5, 5.41) is 0. The number of benzene rings is 1. The van der Waals surface area contributed by atoms with Gasteiger partial charge in [-0.15, -0.1) is 0 Å². The van der Waals surface area contributed by atoms with Crippen molar-refractivity contribution in [3.05, 3.63) is 42.0 Å². The maximum Gasteiger partial charge on any atom is 0.246 e. The van der Waals surface area contributed by atoms with Gasteiger partial charge in [-0.3, -0.25) is 4.79 Å². The first-order chi connectivity index (χ1) is 9.69. The van der Waals surface area contributed by atoms with Gasteiger partial charge in [0.25, 0.3) is 0 Å². The van der Waals surface area contributed by atoms with Gasteiger partial charge >= 0.3 is 0 Å². The molecule has 0 unspecified atom stereocenters. The topological polar surface area (TPSA) is 38.8 Å². The van der Waals surface area contributed by atoms with Crippen LogP contribution in [0.1, 0.15) is 18.4 Å². The van der Waals surface area contributed by atoms with E-state index in [-0.39, 0.29) is 5.91 Å². The molecule has 0 spiro atoms. The van der Waals surface area contributed by atoms with Crippen LogP contribution in [0, 0.1) is 0 Å². The quantitative estimate of drug-likeness (QED) is 0.625. The first-order valence-electron chi connectivity index (χ1n) is 6.81. The molecule has 1 aromatic carbocycles. The zero-order valence-corrected chi connectivity index (χ0v) is 12.0. The Morgan fingerprint density at radius 1 is 1.15 bits per heavy atom. The molecule has 0 N–H and O–H groups in total. The predicted octanol–water partition coefficient (Wildman–Crippen LogP) is 2.31. The van der Waals surface area contributed by atoms with Gasteiger partial charge in [-0.2, -0.15) is 0 Å². The fourth-order valence-corrected chi connectivity index (χ4v) is 2.40. The monoisotopic (exact) mass is 275 g/mol. The summed E-state index contributed by atoms with van der Waals surface area (Å²) in [5.41, 5.74) is 1.03. The Balaban J connectivity index is 1.91. The smallest absolute Gasteiger partial charge is 0.246 e. The predicted molar refractivity (Wildman–Crippen MR) is 78.0 cm³/mol. The molecule has 1 saturated heterocycles. The first-order valence-corrected chi connectivity index (χ1v) is 6.81. The molecule has 0 saturated carbocycles. The van der Waals surface area contributed by atoms with Crippen LogP contribution >= 0.6 is 0 Å². The van der Waals surface area contributed by atoms with Crippen LogP contribution in [0.4, 0.5) is 0 Å². The summed E-state index contributed by atoms with van der Waals surface area (Å²) in [4.78, 5) is 13.9. The molecule has 4 nitrogen and oxygen atoms in total. The van der Waals surface area contributed by atoms with E-state index in [1.165, 1.54) is 0 Å². The lowest BCUT2D eigenvalue weighted by atomic mass is 10.0. The van der Waals surface area contributed by atoms with Crippen molar-refractivity contribution in [2.45, 2.75) is 18.6 Å². The standard InChI is InChI=1S/C16H21NO3/c1-19-16(20-2)10-12-17(13-11-16)15(18)9-8-14-6-4-3-5-7-14/h3-9H,10-13H2,1-2H3/b9-8+. The maximum atomic E-state index is 12.1. The van der Waals surface area contributed by atoms with Gasteiger partial charge in [-0.05, 0) is 11.6 Å². The van der Waals surface area contributed by atoms with E-state index in [0.29, 0.717) is 25.9 Å². The maximum absolute atomic E-state index is 12.1. The Labute approximate surface area is 120 Å². The van der Waals surface area contributed by atoms with Crippen molar-refractivity contribution < 1.29 is 14.3 Å². The molecule has 20 heavy (non-hydrogen) atoms. The third-order valence-electron chi connectivity index (χ3n) is 3.80. The van der Waals surface area contributed by atoms with Gasteiger partial charge in [0.15, 0.2) is 5.79 Å². The molecule has 0 aromatic heterocycles. The number of methoxy groups -OCH3 is 2. The summed E-state index contributed by atoms with van der Waals surface area (Å²) in [7, 11) is 3.30. The second-order valence-electron chi connectivity index (χ2n) is 4.89. The molecule has 1 amide bonds. The molecule has 0 atom stereocenters. The summed E-state index contributed by atoms with van der Waals surface area (Å²) in [5.74, 6) is -0.491. The van der Waals surface area contributed by atoms with Crippen LogP contribution in [-0.2, 0) is 14.3 Å². The van der Waals surface area contributed by atoms with Gasteiger partial charge < -0.3 is 14.4 Å². The first kappa shape index (κ1) is 14.8. The molecule has 4 heteroatoms. The van der Waals surface area contributed by atoms with Crippen LogP contribution in [0.2, 0.25) is 0 Å². The number of ether oxygens (including phenoxy) is 2. The lowest BCUT2D eigenvalue weighted by Crippen LogP contribution is -2.48. The Morgan fingerprint density at radius 2 is 1.75 bits per heavy atom. The summed E-state index contributed by atoms with van der Waals surface area (Å²) < 4.78 is 10.8. The lowest BCUT2D eigenvalue weighted by molar-refractivity contribution is -0.228. The second kappa shape index (κ2) is 6.68. The molecule has 1 aliphatic rings. The van der Waals surface area contributed by atoms with Crippen molar-refractivity contribution in [2.24, 2.45) is 0 Å². The van der Waals surface area contributed by atoms with Crippen molar-refractivity contribution in [1.82, 2.24) is 4.90 Å². The zero-order valence-electron chi connectivity index (χ0n) is 12.0. The molecule has 1 heterocycles. The van der Waals surface area contributed by atoms with Crippen LogP contribution in [0.3, 0.4) is 0 Å². The Morgan fingerprint density at radius 3 is 2.30 bits per heavy atom. The van der Waals surface area contributed by atoms with Crippen molar-refractivity contribution in [3.63, 3.8) is 0 Å². The van der Waals surface area contributed by atoms with Crippen molar-refractivity contribution in [3.8, 4) is 0 Å². The number of likely N-dealkylation sites (tertiary alicyclic amines) is 1. The third kappa shape index (κ3) is 3.46. The van der Waals surface area contributed by atoms with E-state index >= 15 is 0 Å². The molecule has 0 aliphatic carbocycles. The average Bonchev–Trinajstić information content (AvgIpc) is 2.53. The molecular formula is C16H21NO3. The number of carbonyl (C=O) groups is 1. The fourth-order valence-electron chi connectivity index (χ4n) is 2.40. The number of piperidine rings is 1. The van der Waals surface area contributed by atoms with E-state index in [9.17, 15) is 4.79 Å². The highest BCUT2D eigenvalue weighted by atomic mass is 16.7. The van der Waals surface area contributed by atoms with E-state index in [1.807, 2.05) is 41.3 Å². The van der Waals surface area contributed by atoms with Crippen LogP contribution in [0.25, 0.3) is 6.08 Å². The molecule has 2 rings (SSSR count). The molecule has 1 aromatic rings. The zero-order chi connectivity index (χ0) is 14.4. The summed E-state index contributed by atoms with van der Waals surface area (Å²) in [6, 6.07) is 9.81. The van der Waals surface area contributed by atoms with E-state index in [4.69, 9.17) is 9.47 Å². The van der Waals surface area contributed by atoms with Gasteiger partial charge in [0.1, 0.15) is 0 Å². The second-order valence-corrected chi connectivity index (χ2v) is 4.89. The van der Waals surface area contributed by atoms with Crippen LogP contribution in [0.5, 0.6) is 0 Å². The number of nitrogens with zero attached hydrogens (tertiary/aromatic N) is 1. The van der Waals surface area contributed by atoms with Crippen LogP contribution in [0.15, 0.2) is 36.4 Å². The summed E-state index contributed by atoms with van der Waals surface area (Å²) >= 11 is 0. The summed E-state index contributed by atoms with van der Waals surface area (Å²) in [6.45, 7) is 1.30. The molecule has 0 radical (unpaired) electrons. The normalized spacial score (nSPS) is 18.4. The minimum Gasteiger partial charge on any atom is -0.353 e. The SMILES string of the molecule is COC1(OC)CCN(C(=O)/C=C/c2ccccc2)CC1. The third-order valence-corrected chi connectivity index (χ3v) is 3.80. The van der Waals surface area contributed by atoms with E-state index < -0.39 is 5.79 Å². The number of amides is 1. The minimum atomic E-state index is -0.528. The van der Waals surface area contributed by atoms with Gasteiger partial charge in [-0.25, -0.2) is 0 Å². The number of rotatable bonds is 4. The highest BCUT2D eigenvalue weighted by Crippen LogP contribution is 2.26. The molecule has 1 aliphatic heterocycles. The highest BCUT2D eigenvalue weighted by Gasteiger charge is 2.35. The largest absolute Gasteiger partial charge is 0.353 e. The summed E-state index contributed by atoms with van der Waals surface area (Å²) in [6.07, 6.45) is 4.87. The molecule has 108 valence electrons.